The predicted octanol–water partition coefficient (Wildman–Crippen LogP) is 3.80. The number of ether oxygens (including phenoxy) is 1. The largest absolute Gasteiger partial charge is 0.497 e. The Morgan fingerprint density at radius 2 is 1.90 bits per heavy atom. The summed E-state index contributed by atoms with van der Waals surface area (Å²) in [5.41, 5.74) is 5.75. The molecule has 21 heavy (non-hydrogen) atoms. The van der Waals surface area contributed by atoms with E-state index in [0.29, 0.717) is 0 Å². The van der Waals surface area contributed by atoms with Crippen molar-refractivity contribution in [2.75, 3.05) is 7.11 Å². The van der Waals surface area contributed by atoms with Crippen LogP contribution in [0.1, 0.15) is 35.1 Å². The normalized spacial score (nSPS) is 22.3. The third kappa shape index (κ3) is 2.05. The summed E-state index contributed by atoms with van der Waals surface area (Å²) in [5.74, 6) is 0.954. The second-order valence-corrected chi connectivity index (χ2v) is 5.79. The van der Waals surface area contributed by atoms with Crippen molar-refractivity contribution in [3.8, 4) is 5.75 Å². The molecule has 0 radical (unpaired) electrons. The van der Waals surface area contributed by atoms with Gasteiger partial charge in [-0.1, -0.05) is 30.3 Å². The number of nitrogens with one attached hydrogen (secondary N) is 1. The van der Waals surface area contributed by atoms with Crippen LogP contribution in [0.4, 0.5) is 0 Å². The lowest BCUT2D eigenvalue weighted by molar-refractivity contribution is 0.368. The monoisotopic (exact) mass is 301 g/mol. The number of halogens is 1. The van der Waals surface area contributed by atoms with Crippen LogP contribution in [-0.4, -0.2) is 7.11 Å². The molecule has 1 atom stereocenters. The van der Waals surface area contributed by atoms with Crippen molar-refractivity contribution >= 4 is 12.4 Å². The minimum Gasteiger partial charge on any atom is -0.497 e. The molecule has 0 amide bonds. The zero-order valence-corrected chi connectivity index (χ0v) is 13.0. The number of methoxy groups -OCH3 is 1. The number of fused-ring (bicyclic) bond motifs is 4. The van der Waals surface area contributed by atoms with E-state index in [9.17, 15) is 0 Å². The van der Waals surface area contributed by atoms with Gasteiger partial charge in [0.25, 0.3) is 0 Å². The van der Waals surface area contributed by atoms with Crippen molar-refractivity contribution in [3.63, 3.8) is 0 Å². The summed E-state index contributed by atoms with van der Waals surface area (Å²) >= 11 is 0. The summed E-state index contributed by atoms with van der Waals surface area (Å²) in [6.07, 6.45) is 3.60. The second kappa shape index (κ2) is 5.36. The molecule has 2 aliphatic rings. The van der Waals surface area contributed by atoms with E-state index >= 15 is 0 Å². The Morgan fingerprint density at radius 3 is 2.76 bits per heavy atom. The molecule has 110 valence electrons. The molecule has 1 aliphatic heterocycles. The Morgan fingerprint density at radius 1 is 1.05 bits per heavy atom. The minimum atomic E-state index is -0.00127. The minimum absolute atomic E-state index is 0. The summed E-state index contributed by atoms with van der Waals surface area (Å²) in [4.78, 5) is 0. The van der Waals surface area contributed by atoms with E-state index in [0.717, 1.165) is 12.3 Å². The van der Waals surface area contributed by atoms with Crippen molar-refractivity contribution < 1.29 is 4.74 Å². The average Bonchev–Trinajstić information content (AvgIpc) is 2.87. The first-order chi connectivity index (χ1) is 9.83. The van der Waals surface area contributed by atoms with Crippen LogP contribution in [0.25, 0.3) is 0 Å². The molecule has 2 aromatic carbocycles. The van der Waals surface area contributed by atoms with Gasteiger partial charge in [0.1, 0.15) is 5.75 Å². The molecule has 1 unspecified atom stereocenters. The van der Waals surface area contributed by atoms with Crippen molar-refractivity contribution in [1.29, 1.82) is 0 Å². The molecule has 1 aliphatic carbocycles. The maximum atomic E-state index is 5.43. The fourth-order valence-electron chi connectivity index (χ4n) is 3.87. The van der Waals surface area contributed by atoms with Crippen molar-refractivity contribution in [2.45, 2.75) is 31.3 Å². The first-order valence-electron chi connectivity index (χ1n) is 7.34. The molecular weight excluding hydrogens is 282 g/mol. The van der Waals surface area contributed by atoms with Crippen LogP contribution < -0.4 is 10.1 Å². The lowest BCUT2D eigenvalue weighted by atomic mass is 9.73. The van der Waals surface area contributed by atoms with E-state index in [1.807, 2.05) is 0 Å². The molecule has 1 N–H and O–H groups in total. The predicted molar refractivity (Wildman–Crippen MR) is 87.2 cm³/mol. The van der Waals surface area contributed by atoms with E-state index in [2.05, 4.69) is 47.8 Å². The van der Waals surface area contributed by atoms with Gasteiger partial charge in [0, 0.05) is 6.54 Å². The highest BCUT2D eigenvalue weighted by molar-refractivity contribution is 5.85. The number of rotatable bonds is 1. The number of hydrogen-bond donors (Lipinski definition) is 1. The zero-order chi connectivity index (χ0) is 13.6. The van der Waals surface area contributed by atoms with Gasteiger partial charge in [0.2, 0.25) is 0 Å². The first-order valence-corrected chi connectivity index (χ1v) is 7.34. The first kappa shape index (κ1) is 14.4. The van der Waals surface area contributed by atoms with Gasteiger partial charge >= 0.3 is 0 Å². The third-order valence-electron chi connectivity index (χ3n) is 4.83. The lowest BCUT2D eigenvalue weighted by Gasteiger charge is -2.37. The molecule has 2 nitrogen and oxygen atoms in total. The summed E-state index contributed by atoms with van der Waals surface area (Å²) in [7, 11) is 1.74. The molecular formula is C18H20ClNO. The Labute approximate surface area is 131 Å². The van der Waals surface area contributed by atoms with E-state index in [-0.39, 0.29) is 17.9 Å². The van der Waals surface area contributed by atoms with E-state index in [1.165, 1.54) is 41.5 Å². The highest BCUT2D eigenvalue weighted by Gasteiger charge is 2.42. The topological polar surface area (TPSA) is 21.3 Å². The van der Waals surface area contributed by atoms with Crippen LogP contribution in [0.3, 0.4) is 0 Å². The Bertz CT molecular complexity index is 670. The average molecular weight is 302 g/mol. The van der Waals surface area contributed by atoms with Crippen LogP contribution in [-0.2, 0) is 18.5 Å². The van der Waals surface area contributed by atoms with Gasteiger partial charge in [-0.25, -0.2) is 0 Å². The summed E-state index contributed by atoms with van der Waals surface area (Å²) in [6.45, 7) is 0.952. The second-order valence-electron chi connectivity index (χ2n) is 5.79. The SMILES string of the molecule is COc1ccc2c(c1)C1(CCCc3ccccc31)NC2.Cl. The Hall–Kier alpha value is -1.51. The van der Waals surface area contributed by atoms with Crippen molar-refractivity contribution in [3.05, 3.63) is 64.7 Å². The molecule has 2 aromatic rings. The van der Waals surface area contributed by atoms with Crippen LogP contribution in [0, 0.1) is 0 Å². The number of aryl methyl sites for hydroxylation is 1. The van der Waals surface area contributed by atoms with E-state index in [1.54, 1.807) is 7.11 Å². The molecule has 0 fully saturated rings. The maximum absolute atomic E-state index is 5.43. The van der Waals surface area contributed by atoms with Gasteiger partial charge in [-0.15, -0.1) is 12.4 Å². The highest BCUT2D eigenvalue weighted by Crippen LogP contribution is 2.46. The third-order valence-corrected chi connectivity index (χ3v) is 4.83. The Balaban J connectivity index is 0.00000132. The Kier molecular flexibility index (Phi) is 3.68. The van der Waals surface area contributed by atoms with E-state index in [4.69, 9.17) is 4.74 Å². The molecule has 0 saturated carbocycles. The van der Waals surface area contributed by atoms with E-state index < -0.39 is 0 Å². The van der Waals surface area contributed by atoms with Gasteiger partial charge in [0.15, 0.2) is 0 Å². The fraction of sp³-hybridized carbons (Fsp3) is 0.333. The van der Waals surface area contributed by atoms with Crippen molar-refractivity contribution in [1.82, 2.24) is 5.32 Å². The highest BCUT2D eigenvalue weighted by atomic mass is 35.5. The maximum Gasteiger partial charge on any atom is 0.119 e. The summed E-state index contributed by atoms with van der Waals surface area (Å²) in [6, 6.07) is 15.4. The van der Waals surface area contributed by atoms with Crippen LogP contribution in [0.5, 0.6) is 5.75 Å². The van der Waals surface area contributed by atoms with Gasteiger partial charge in [-0.2, -0.15) is 0 Å². The molecule has 4 rings (SSSR count). The standard InChI is InChI=1S/C18H19NO.ClH/c1-20-15-9-8-14-12-19-18(17(14)11-15)10-4-6-13-5-2-3-7-16(13)18;/h2-3,5,7-9,11,19H,4,6,10,12H2,1H3;1H. The summed E-state index contributed by atoms with van der Waals surface area (Å²) < 4.78 is 5.43. The van der Waals surface area contributed by atoms with Gasteiger partial charge in [-0.05, 0) is 53.6 Å². The number of benzene rings is 2. The smallest absolute Gasteiger partial charge is 0.119 e. The molecule has 1 spiro atoms. The molecule has 1 heterocycles. The fourth-order valence-corrected chi connectivity index (χ4v) is 3.87. The van der Waals surface area contributed by atoms with Gasteiger partial charge in [0.05, 0.1) is 12.6 Å². The molecule has 3 heteroatoms. The molecule has 0 saturated heterocycles. The molecule has 0 bridgehead atoms. The van der Waals surface area contributed by atoms with Crippen molar-refractivity contribution in [2.24, 2.45) is 0 Å². The quantitative estimate of drug-likeness (QED) is 0.865. The number of hydrogen-bond acceptors (Lipinski definition) is 2. The van der Waals surface area contributed by atoms with Crippen LogP contribution in [0.2, 0.25) is 0 Å². The van der Waals surface area contributed by atoms with Gasteiger partial charge < -0.3 is 4.74 Å². The lowest BCUT2D eigenvalue weighted by Crippen LogP contribution is -2.41. The van der Waals surface area contributed by atoms with Crippen LogP contribution in [0.15, 0.2) is 42.5 Å². The summed E-state index contributed by atoms with van der Waals surface area (Å²) in [5, 5.41) is 3.79. The van der Waals surface area contributed by atoms with Crippen LogP contribution >= 0.6 is 12.4 Å². The van der Waals surface area contributed by atoms with Gasteiger partial charge in [-0.3, -0.25) is 5.32 Å². The molecule has 0 aromatic heterocycles. The zero-order valence-electron chi connectivity index (χ0n) is 12.2.